The topological polar surface area (TPSA) is 81.8 Å². The Kier molecular flexibility index (Phi) is 11.7. The number of hydrogen-bond acceptors (Lipinski definition) is 4. The zero-order valence-electron chi connectivity index (χ0n) is 11.3. The molecule has 0 amide bonds. The van der Waals surface area contributed by atoms with Crippen LogP contribution in [-0.2, 0) is 9.59 Å². The minimum absolute atomic E-state index is 0.642. The van der Waals surface area contributed by atoms with Gasteiger partial charge in [-0.25, -0.2) is 20.4 Å². The first-order chi connectivity index (χ1) is 8.44. The van der Waals surface area contributed by atoms with E-state index in [0.29, 0.717) is 11.8 Å². The van der Waals surface area contributed by atoms with E-state index in [0.717, 1.165) is 12.2 Å². The van der Waals surface area contributed by atoms with Gasteiger partial charge in [-0.2, -0.15) is 0 Å². The van der Waals surface area contributed by atoms with E-state index in [9.17, 15) is 0 Å². The molecule has 0 bridgehead atoms. The Morgan fingerprint density at radius 2 is 1.17 bits per heavy atom. The van der Waals surface area contributed by atoms with E-state index < -0.39 is 0 Å². The normalized spacial score (nSPS) is 8.33. The zero-order valence-corrected chi connectivity index (χ0v) is 11.3. The van der Waals surface area contributed by atoms with Gasteiger partial charge in [0.2, 0.25) is 12.2 Å². The van der Waals surface area contributed by atoms with E-state index in [1.165, 1.54) is 11.1 Å². The van der Waals surface area contributed by atoms with Crippen LogP contribution in [0.4, 0.5) is 0 Å². The van der Waals surface area contributed by atoms with Crippen LogP contribution in [0.3, 0.4) is 0 Å². The van der Waals surface area contributed by atoms with Crippen molar-refractivity contribution in [1.82, 2.24) is 0 Å². The van der Waals surface area contributed by atoms with Gasteiger partial charge in [0.25, 0.3) is 0 Å². The Morgan fingerprint density at radius 3 is 1.39 bits per heavy atom. The molecule has 0 aliphatic rings. The van der Waals surface area contributed by atoms with Crippen LogP contribution in [0.15, 0.2) is 24.3 Å². The molecule has 4 nitrogen and oxygen atoms in total. The molecule has 98 valence electrons. The molecular formula is C14H20N2O2. The lowest BCUT2D eigenvalue weighted by atomic mass is 9.96. The summed E-state index contributed by atoms with van der Waals surface area (Å²) in [6.07, 6.45) is 1.50. The maximum absolute atomic E-state index is 8.35. The number of benzene rings is 1. The molecule has 1 aromatic carbocycles. The van der Waals surface area contributed by atoms with E-state index >= 15 is 0 Å². The summed E-state index contributed by atoms with van der Waals surface area (Å²) in [5, 5.41) is 10.8. The fourth-order valence-electron chi connectivity index (χ4n) is 1.28. The van der Waals surface area contributed by atoms with Crippen LogP contribution in [-0.4, -0.2) is 12.2 Å². The molecule has 4 heteroatoms. The standard InChI is InChI=1S/C12H18.2CHNO/c1-9(2)11-6-5-7-12(8-11)10(3)4;2*2-1-3/h5-10H,1-4H3;2*2H. The van der Waals surface area contributed by atoms with Gasteiger partial charge in [0.1, 0.15) is 0 Å². The van der Waals surface area contributed by atoms with Crippen LogP contribution in [0.5, 0.6) is 0 Å². The number of rotatable bonds is 2. The van der Waals surface area contributed by atoms with Crippen molar-refractivity contribution in [3.63, 3.8) is 0 Å². The Morgan fingerprint density at radius 1 is 0.889 bits per heavy atom. The molecule has 1 aromatic rings. The maximum Gasteiger partial charge on any atom is 0.231 e. The second-order valence-electron chi connectivity index (χ2n) is 4.18. The third-order valence-corrected chi connectivity index (χ3v) is 2.24. The van der Waals surface area contributed by atoms with Gasteiger partial charge in [0, 0.05) is 0 Å². The van der Waals surface area contributed by atoms with Gasteiger partial charge < -0.3 is 0 Å². The van der Waals surface area contributed by atoms with Gasteiger partial charge in [-0.3, -0.25) is 0 Å². The number of isocyanates is 2. The monoisotopic (exact) mass is 248 g/mol. The Balaban J connectivity index is 0. The summed E-state index contributed by atoms with van der Waals surface area (Å²) in [4.78, 5) is 16.7. The molecule has 0 saturated carbocycles. The van der Waals surface area contributed by atoms with Crippen LogP contribution in [0.1, 0.15) is 50.7 Å². The maximum atomic E-state index is 8.35. The molecule has 2 N–H and O–H groups in total. The number of hydrogen-bond donors (Lipinski definition) is 2. The SMILES string of the molecule is CC(C)c1cccc(C(C)C)c1.N=C=O.N=C=O. The third-order valence-electron chi connectivity index (χ3n) is 2.24. The molecular weight excluding hydrogens is 228 g/mol. The van der Waals surface area contributed by atoms with Crippen molar-refractivity contribution < 1.29 is 9.59 Å². The van der Waals surface area contributed by atoms with Crippen LogP contribution < -0.4 is 0 Å². The largest absolute Gasteiger partial charge is 0.231 e. The first kappa shape index (κ1) is 18.3. The van der Waals surface area contributed by atoms with E-state index in [1.54, 1.807) is 0 Å². The molecule has 0 atom stereocenters. The average Bonchev–Trinajstić information content (AvgIpc) is 2.31. The van der Waals surface area contributed by atoms with Gasteiger partial charge in [0.15, 0.2) is 0 Å². The van der Waals surface area contributed by atoms with Crippen molar-refractivity contribution in [2.24, 2.45) is 0 Å². The quantitative estimate of drug-likeness (QED) is 0.617. The minimum atomic E-state index is 0.642. The third kappa shape index (κ3) is 9.22. The van der Waals surface area contributed by atoms with Crippen LogP contribution in [0.2, 0.25) is 0 Å². The second kappa shape index (κ2) is 11.5. The molecule has 0 aliphatic carbocycles. The highest BCUT2D eigenvalue weighted by molar-refractivity contribution is 5.27. The molecule has 0 aromatic heterocycles. The summed E-state index contributed by atoms with van der Waals surface area (Å²) in [6, 6.07) is 8.88. The van der Waals surface area contributed by atoms with Gasteiger partial charge in [-0.15, -0.1) is 0 Å². The van der Waals surface area contributed by atoms with Gasteiger partial charge >= 0.3 is 0 Å². The first-order valence-corrected chi connectivity index (χ1v) is 5.62. The van der Waals surface area contributed by atoms with Crippen molar-refractivity contribution >= 4 is 12.2 Å². The minimum Gasteiger partial charge on any atom is -0.222 e. The smallest absolute Gasteiger partial charge is 0.222 e. The highest BCUT2D eigenvalue weighted by Crippen LogP contribution is 2.20. The molecule has 0 unspecified atom stereocenters. The molecule has 0 radical (unpaired) electrons. The first-order valence-electron chi connectivity index (χ1n) is 5.62. The number of nitrogens with one attached hydrogen (secondary N) is 2. The summed E-state index contributed by atoms with van der Waals surface area (Å²) in [7, 11) is 0. The summed E-state index contributed by atoms with van der Waals surface area (Å²) in [5.41, 5.74) is 2.89. The molecule has 0 saturated heterocycles. The van der Waals surface area contributed by atoms with E-state index in [4.69, 9.17) is 20.4 Å². The predicted molar refractivity (Wildman–Crippen MR) is 71.4 cm³/mol. The van der Waals surface area contributed by atoms with Crippen molar-refractivity contribution in [2.75, 3.05) is 0 Å². The zero-order chi connectivity index (χ0) is 14.6. The molecule has 0 fully saturated rings. The molecule has 0 spiro atoms. The molecule has 0 heterocycles. The Bertz CT molecular complexity index is 365. The fourth-order valence-corrected chi connectivity index (χ4v) is 1.28. The lowest BCUT2D eigenvalue weighted by Crippen LogP contribution is -1.91. The average molecular weight is 248 g/mol. The second-order valence-corrected chi connectivity index (χ2v) is 4.18. The lowest BCUT2D eigenvalue weighted by Gasteiger charge is -2.09. The summed E-state index contributed by atoms with van der Waals surface area (Å²) >= 11 is 0. The van der Waals surface area contributed by atoms with Crippen LogP contribution >= 0.6 is 0 Å². The van der Waals surface area contributed by atoms with Crippen molar-refractivity contribution in [2.45, 2.75) is 39.5 Å². The van der Waals surface area contributed by atoms with Crippen molar-refractivity contribution in [3.8, 4) is 0 Å². The Labute approximate surface area is 108 Å². The predicted octanol–water partition coefficient (Wildman–Crippen LogP) is 3.74. The highest BCUT2D eigenvalue weighted by Gasteiger charge is 2.02. The van der Waals surface area contributed by atoms with Gasteiger partial charge in [-0.05, 0) is 23.0 Å². The molecule has 0 aliphatic heterocycles. The fraction of sp³-hybridized carbons (Fsp3) is 0.429. The molecule has 1 rings (SSSR count). The van der Waals surface area contributed by atoms with E-state index in [-0.39, 0.29) is 0 Å². The van der Waals surface area contributed by atoms with E-state index in [1.807, 2.05) is 0 Å². The summed E-state index contributed by atoms with van der Waals surface area (Å²) in [5.74, 6) is 1.28. The molecule has 18 heavy (non-hydrogen) atoms. The summed E-state index contributed by atoms with van der Waals surface area (Å²) in [6.45, 7) is 8.94. The van der Waals surface area contributed by atoms with Crippen LogP contribution in [0, 0.1) is 10.8 Å². The van der Waals surface area contributed by atoms with Gasteiger partial charge in [-0.1, -0.05) is 52.0 Å². The summed E-state index contributed by atoms with van der Waals surface area (Å²) < 4.78 is 0. The van der Waals surface area contributed by atoms with Gasteiger partial charge in [0.05, 0.1) is 0 Å². The van der Waals surface area contributed by atoms with E-state index in [2.05, 4.69) is 52.0 Å². The van der Waals surface area contributed by atoms with Crippen molar-refractivity contribution in [3.05, 3.63) is 35.4 Å². The van der Waals surface area contributed by atoms with Crippen LogP contribution in [0.25, 0.3) is 0 Å². The number of carbonyl (C=O) groups excluding carboxylic acids is 2. The highest BCUT2D eigenvalue weighted by atomic mass is 16.1. The van der Waals surface area contributed by atoms with Crippen molar-refractivity contribution in [1.29, 1.82) is 10.8 Å². The lowest BCUT2D eigenvalue weighted by molar-refractivity contribution is 0.562. The Hall–Kier alpha value is -2.02.